The molecule has 0 N–H and O–H groups in total. The normalized spacial score (nSPS) is 11.5. The van der Waals surface area contributed by atoms with E-state index in [1.165, 1.54) is 5.56 Å². The predicted molar refractivity (Wildman–Crippen MR) is 107 cm³/mol. The summed E-state index contributed by atoms with van der Waals surface area (Å²) in [5, 5.41) is 0. The monoisotopic (exact) mass is 384 g/mol. The Morgan fingerprint density at radius 3 is 2.07 bits per heavy atom. The molecule has 0 aliphatic heterocycles. The summed E-state index contributed by atoms with van der Waals surface area (Å²) in [6.07, 6.45) is 2.09. The molecule has 150 valence electrons. The quantitative estimate of drug-likeness (QED) is 0.514. The van der Waals surface area contributed by atoms with Crippen molar-refractivity contribution in [2.45, 2.75) is 39.2 Å². The Kier molecular flexibility index (Phi) is 9.62. The molecule has 2 aromatic carbocycles. The highest BCUT2D eigenvalue weighted by atomic mass is 16.7. The summed E-state index contributed by atoms with van der Waals surface area (Å²) in [6.45, 7) is 2.62. The fourth-order valence-corrected chi connectivity index (χ4v) is 2.62. The molecule has 2 rings (SSSR count). The topological polar surface area (TPSA) is 61.8 Å². The van der Waals surface area contributed by atoms with Gasteiger partial charge in [-0.1, -0.05) is 67.6 Å². The van der Waals surface area contributed by atoms with Gasteiger partial charge in [0.1, 0.15) is 13.2 Å². The number of carbonyl (C=O) groups excluding carboxylic acids is 2. The van der Waals surface area contributed by atoms with Crippen LogP contribution >= 0.6 is 0 Å². The Bertz CT molecular complexity index is 699. The van der Waals surface area contributed by atoms with Gasteiger partial charge in [0, 0.05) is 0 Å². The van der Waals surface area contributed by atoms with Crippen LogP contribution in [0.1, 0.15) is 37.3 Å². The lowest BCUT2D eigenvalue weighted by atomic mass is 9.99. The number of carbonyl (C=O) groups is 2. The molecule has 0 aromatic heterocycles. The van der Waals surface area contributed by atoms with Crippen LogP contribution in [0.4, 0.5) is 4.79 Å². The van der Waals surface area contributed by atoms with Crippen molar-refractivity contribution in [3.05, 3.63) is 71.8 Å². The van der Waals surface area contributed by atoms with Crippen molar-refractivity contribution in [1.82, 2.24) is 0 Å². The lowest BCUT2D eigenvalue weighted by molar-refractivity contribution is -0.145. The summed E-state index contributed by atoms with van der Waals surface area (Å²) in [5.74, 6) is 0.0344. The third-order valence-electron chi connectivity index (χ3n) is 4.37. The molecule has 0 aliphatic rings. The smallest absolute Gasteiger partial charge is 0.461 e. The highest BCUT2D eigenvalue weighted by Gasteiger charge is 2.09. The molecule has 1 unspecified atom stereocenters. The zero-order valence-corrected chi connectivity index (χ0v) is 16.3. The Morgan fingerprint density at radius 1 is 0.786 bits per heavy atom. The molecule has 0 heterocycles. The average Bonchev–Trinajstić information content (AvgIpc) is 2.72. The van der Waals surface area contributed by atoms with Gasteiger partial charge in [0.25, 0.3) is 0 Å². The van der Waals surface area contributed by atoms with Crippen LogP contribution in [-0.4, -0.2) is 25.3 Å². The minimum absolute atomic E-state index is 0.00934. The molecule has 0 fully saturated rings. The summed E-state index contributed by atoms with van der Waals surface area (Å²) < 4.78 is 15.1. The molecular weight excluding hydrogens is 356 g/mol. The fraction of sp³-hybridized carbons (Fsp3) is 0.391. The third-order valence-corrected chi connectivity index (χ3v) is 4.37. The molecule has 2 aromatic rings. The molecule has 0 spiro atoms. The Hall–Kier alpha value is -2.82. The van der Waals surface area contributed by atoms with Crippen LogP contribution < -0.4 is 0 Å². The van der Waals surface area contributed by atoms with E-state index < -0.39 is 12.1 Å². The second-order valence-electron chi connectivity index (χ2n) is 6.76. The summed E-state index contributed by atoms with van der Waals surface area (Å²) in [7, 11) is 0. The SMILES string of the molecule is CC(CCOC(=O)OCCC(=O)OCc1ccccc1)CCc1ccccc1. The van der Waals surface area contributed by atoms with Gasteiger partial charge in [0.15, 0.2) is 0 Å². The molecule has 5 heteroatoms. The second-order valence-corrected chi connectivity index (χ2v) is 6.76. The summed E-state index contributed by atoms with van der Waals surface area (Å²) in [4.78, 5) is 23.2. The van der Waals surface area contributed by atoms with Gasteiger partial charge in [-0.15, -0.1) is 0 Å². The molecule has 0 radical (unpaired) electrons. The minimum atomic E-state index is -0.744. The van der Waals surface area contributed by atoms with Gasteiger partial charge in [-0.2, -0.15) is 0 Å². The standard InChI is InChI=1S/C23H28O5/c1-19(12-13-20-8-4-2-5-9-20)14-16-26-23(25)27-17-15-22(24)28-18-21-10-6-3-7-11-21/h2-11,19H,12-18H2,1H3. The lowest BCUT2D eigenvalue weighted by Crippen LogP contribution is -2.14. The first-order chi connectivity index (χ1) is 13.6. The van der Waals surface area contributed by atoms with E-state index in [1.807, 2.05) is 48.5 Å². The van der Waals surface area contributed by atoms with Crippen molar-refractivity contribution in [2.75, 3.05) is 13.2 Å². The van der Waals surface area contributed by atoms with Crippen LogP contribution in [0.2, 0.25) is 0 Å². The average molecular weight is 384 g/mol. The molecule has 0 saturated carbocycles. The Labute approximate surface area is 166 Å². The van der Waals surface area contributed by atoms with Gasteiger partial charge in [-0.05, 0) is 36.3 Å². The van der Waals surface area contributed by atoms with Gasteiger partial charge in [-0.3, -0.25) is 4.79 Å². The maximum atomic E-state index is 11.6. The van der Waals surface area contributed by atoms with Gasteiger partial charge >= 0.3 is 12.1 Å². The van der Waals surface area contributed by atoms with Crippen LogP contribution in [-0.2, 0) is 32.0 Å². The maximum Gasteiger partial charge on any atom is 0.508 e. The first kappa shape index (κ1) is 21.5. The zero-order chi connectivity index (χ0) is 20.0. The van der Waals surface area contributed by atoms with E-state index in [9.17, 15) is 9.59 Å². The minimum Gasteiger partial charge on any atom is -0.461 e. The van der Waals surface area contributed by atoms with Gasteiger partial charge in [-0.25, -0.2) is 4.79 Å². The Morgan fingerprint density at radius 2 is 1.39 bits per heavy atom. The van der Waals surface area contributed by atoms with E-state index in [2.05, 4.69) is 19.1 Å². The number of benzene rings is 2. The number of esters is 1. The van der Waals surface area contributed by atoms with Gasteiger partial charge in [0.05, 0.1) is 13.0 Å². The first-order valence-corrected chi connectivity index (χ1v) is 9.66. The highest BCUT2D eigenvalue weighted by molar-refractivity contribution is 5.70. The van der Waals surface area contributed by atoms with Crippen LogP contribution in [0.5, 0.6) is 0 Å². The van der Waals surface area contributed by atoms with E-state index in [1.54, 1.807) is 0 Å². The van der Waals surface area contributed by atoms with Crippen molar-refractivity contribution in [3.8, 4) is 0 Å². The molecular formula is C23H28O5. The van der Waals surface area contributed by atoms with Crippen molar-refractivity contribution in [3.63, 3.8) is 0 Å². The zero-order valence-electron chi connectivity index (χ0n) is 16.3. The van der Waals surface area contributed by atoms with E-state index in [4.69, 9.17) is 14.2 Å². The highest BCUT2D eigenvalue weighted by Crippen LogP contribution is 2.13. The van der Waals surface area contributed by atoms with Gasteiger partial charge < -0.3 is 14.2 Å². The van der Waals surface area contributed by atoms with Gasteiger partial charge in [0.2, 0.25) is 0 Å². The molecule has 0 amide bonds. The predicted octanol–water partition coefficient (Wildman–Crippen LogP) is 4.93. The van der Waals surface area contributed by atoms with Crippen LogP contribution in [0.15, 0.2) is 60.7 Å². The van der Waals surface area contributed by atoms with E-state index in [0.717, 1.165) is 24.8 Å². The second kappa shape index (κ2) is 12.5. The van der Waals surface area contributed by atoms with Crippen LogP contribution in [0.3, 0.4) is 0 Å². The lowest BCUT2D eigenvalue weighted by Gasteiger charge is -2.12. The number of hydrogen-bond acceptors (Lipinski definition) is 5. The Balaban J connectivity index is 1.48. The third kappa shape index (κ3) is 9.21. The van der Waals surface area contributed by atoms with Crippen molar-refractivity contribution < 1.29 is 23.8 Å². The van der Waals surface area contributed by atoms with Crippen LogP contribution in [0.25, 0.3) is 0 Å². The van der Waals surface area contributed by atoms with Crippen LogP contribution in [0, 0.1) is 5.92 Å². The molecule has 0 aliphatic carbocycles. The number of aryl methyl sites for hydroxylation is 1. The first-order valence-electron chi connectivity index (χ1n) is 9.66. The van der Waals surface area contributed by atoms with E-state index >= 15 is 0 Å². The van der Waals surface area contributed by atoms with E-state index in [0.29, 0.717) is 12.5 Å². The fourth-order valence-electron chi connectivity index (χ4n) is 2.62. The van der Waals surface area contributed by atoms with Crippen molar-refractivity contribution in [1.29, 1.82) is 0 Å². The summed E-state index contributed by atoms with van der Waals surface area (Å²) in [5.41, 5.74) is 2.23. The molecule has 5 nitrogen and oxygen atoms in total. The molecule has 0 saturated heterocycles. The summed E-state index contributed by atoms with van der Waals surface area (Å²) in [6, 6.07) is 19.7. The maximum absolute atomic E-state index is 11.6. The van der Waals surface area contributed by atoms with E-state index in [-0.39, 0.29) is 19.6 Å². The number of hydrogen-bond donors (Lipinski definition) is 0. The van der Waals surface area contributed by atoms with Crippen molar-refractivity contribution in [2.24, 2.45) is 5.92 Å². The van der Waals surface area contributed by atoms with Crippen molar-refractivity contribution >= 4 is 12.1 Å². The summed E-state index contributed by atoms with van der Waals surface area (Å²) >= 11 is 0. The largest absolute Gasteiger partial charge is 0.508 e. The molecule has 1 atom stereocenters. The number of ether oxygens (including phenoxy) is 3. The number of rotatable bonds is 11. The molecule has 28 heavy (non-hydrogen) atoms. The molecule has 0 bridgehead atoms.